The maximum atomic E-state index is 12.2. The van der Waals surface area contributed by atoms with Crippen LogP contribution in [0.5, 0.6) is 0 Å². The zero-order valence-corrected chi connectivity index (χ0v) is 14.2. The van der Waals surface area contributed by atoms with Crippen LogP contribution in [0.2, 0.25) is 0 Å². The van der Waals surface area contributed by atoms with Crippen LogP contribution in [0.1, 0.15) is 17.0 Å². The van der Waals surface area contributed by atoms with E-state index in [4.69, 9.17) is 0 Å². The number of nitrogens with zero attached hydrogens (tertiary/aromatic N) is 4. The number of amides is 1. The van der Waals surface area contributed by atoms with Gasteiger partial charge in [-0.2, -0.15) is 5.10 Å². The molecule has 2 heterocycles. The van der Waals surface area contributed by atoms with Gasteiger partial charge in [0.15, 0.2) is 5.13 Å². The number of carbonyl (C=O) groups excluding carboxylic acids is 1. The van der Waals surface area contributed by atoms with Gasteiger partial charge in [-0.15, -0.1) is 0 Å². The second-order valence-corrected chi connectivity index (χ2v) is 6.50. The molecule has 0 atom stereocenters. The summed E-state index contributed by atoms with van der Waals surface area (Å²) < 4.78 is 2.33. The fraction of sp³-hybridized carbons (Fsp3) is 0.267. The van der Waals surface area contributed by atoms with Crippen molar-refractivity contribution < 1.29 is 9.72 Å². The fourth-order valence-electron chi connectivity index (χ4n) is 2.49. The highest BCUT2D eigenvalue weighted by atomic mass is 32.1. The van der Waals surface area contributed by atoms with Crippen LogP contribution in [0.4, 0.5) is 10.8 Å². The number of benzene rings is 1. The van der Waals surface area contributed by atoms with Crippen LogP contribution in [-0.4, -0.2) is 25.6 Å². The summed E-state index contributed by atoms with van der Waals surface area (Å²) in [6, 6.07) is 5.87. The number of rotatable bonds is 4. The molecule has 1 N–H and O–H groups in total. The predicted octanol–water partition coefficient (Wildman–Crippen LogP) is 2.96. The van der Waals surface area contributed by atoms with Gasteiger partial charge in [-0.3, -0.25) is 19.6 Å². The van der Waals surface area contributed by atoms with Crippen molar-refractivity contribution in [2.45, 2.75) is 27.3 Å². The monoisotopic (exact) mass is 345 g/mol. The Morgan fingerprint density at radius 3 is 2.79 bits per heavy atom. The van der Waals surface area contributed by atoms with Crippen LogP contribution in [0.15, 0.2) is 18.2 Å². The highest BCUT2D eigenvalue weighted by molar-refractivity contribution is 7.22. The van der Waals surface area contributed by atoms with Gasteiger partial charge in [0.05, 0.1) is 15.1 Å². The molecule has 0 unspecified atom stereocenters. The van der Waals surface area contributed by atoms with E-state index < -0.39 is 4.92 Å². The van der Waals surface area contributed by atoms with Gasteiger partial charge < -0.3 is 5.32 Å². The predicted molar refractivity (Wildman–Crippen MR) is 91.3 cm³/mol. The SMILES string of the molecule is Cc1ccc2nc(NC(=O)Cn3nc(C)c([N+](=O)[O-])c3C)sc2c1. The molecular weight excluding hydrogens is 330 g/mol. The number of aromatic nitrogens is 3. The molecule has 124 valence electrons. The molecule has 3 aromatic rings. The second kappa shape index (κ2) is 6.00. The molecule has 9 heteroatoms. The van der Waals surface area contributed by atoms with Crippen molar-refractivity contribution >= 4 is 38.3 Å². The Labute approximate surface area is 141 Å². The molecule has 0 aliphatic rings. The van der Waals surface area contributed by atoms with Gasteiger partial charge in [0.1, 0.15) is 17.9 Å². The first-order valence-electron chi connectivity index (χ1n) is 7.20. The minimum atomic E-state index is -0.484. The lowest BCUT2D eigenvalue weighted by atomic mass is 10.2. The zero-order valence-electron chi connectivity index (χ0n) is 13.4. The highest BCUT2D eigenvalue weighted by Crippen LogP contribution is 2.27. The average molecular weight is 345 g/mol. The molecular formula is C15H15N5O3S. The summed E-state index contributed by atoms with van der Waals surface area (Å²) >= 11 is 1.39. The topological polar surface area (TPSA) is 103 Å². The number of nitrogens with one attached hydrogen (secondary N) is 1. The van der Waals surface area contributed by atoms with Crippen LogP contribution < -0.4 is 5.32 Å². The van der Waals surface area contributed by atoms with Gasteiger partial charge in [0.25, 0.3) is 0 Å². The normalized spacial score (nSPS) is 11.0. The first-order chi connectivity index (χ1) is 11.3. The molecule has 1 amide bonds. The van der Waals surface area contributed by atoms with Crippen LogP contribution in [0, 0.1) is 30.9 Å². The Balaban J connectivity index is 1.78. The Kier molecular flexibility index (Phi) is 4.02. The summed E-state index contributed by atoms with van der Waals surface area (Å²) in [5, 5.41) is 18.3. The third kappa shape index (κ3) is 2.98. The van der Waals surface area contributed by atoms with E-state index in [0.717, 1.165) is 15.8 Å². The smallest absolute Gasteiger partial charge is 0.300 e. The largest absolute Gasteiger partial charge is 0.312 e. The van der Waals surface area contributed by atoms with Gasteiger partial charge in [-0.25, -0.2) is 4.98 Å². The third-order valence-corrected chi connectivity index (χ3v) is 4.54. The van der Waals surface area contributed by atoms with E-state index in [1.165, 1.54) is 16.0 Å². The Morgan fingerprint density at radius 2 is 2.12 bits per heavy atom. The highest BCUT2D eigenvalue weighted by Gasteiger charge is 2.22. The Bertz CT molecular complexity index is 960. The van der Waals surface area contributed by atoms with Crippen molar-refractivity contribution in [2.75, 3.05) is 5.32 Å². The minimum Gasteiger partial charge on any atom is -0.300 e. The van der Waals surface area contributed by atoms with Gasteiger partial charge in [-0.05, 0) is 38.5 Å². The number of hydrogen-bond acceptors (Lipinski definition) is 6. The van der Waals surface area contributed by atoms with Crippen LogP contribution >= 0.6 is 11.3 Å². The van der Waals surface area contributed by atoms with Crippen LogP contribution in [0.3, 0.4) is 0 Å². The summed E-state index contributed by atoms with van der Waals surface area (Å²) in [7, 11) is 0. The molecule has 0 aliphatic carbocycles. The average Bonchev–Trinajstić information content (AvgIpc) is 2.98. The van der Waals surface area contributed by atoms with Crippen molar-refractivity contribution in [3.05, 3.63) is 45.3 Å². The van der Waals surface area contributed by atoms with Crippen LogP contribution in [0.25, 0.3) is 10.2 Å². The molecule has 0 aliphatic heterocycles. The molecule has 8 nitrogen and oxygen atoms in total. The number of aryl methyl sites for hydroxylation is 2. The second-order valence-electron chi connectivity index (χ2n) is 5.47. The number of thiazole rings is 1. The summed E-state index contributed by atoms with van der Waals surface area (Å²) in [6.45, 7) is 5.02. The van der Waals surface area contributed by atoms with Gasteiger partial charge in [0.2, 0.25) is 5.91 Å². The molecule has 24 heavy (non-hydrogen) atoms. The van der Waals surface area contributed by atoms with Crippen molar-refractivity contribution in [1.82, 2.24) is 14.8 Å². The van der Waals surface area contributed by atoms with E-state index in [1.54, 1.807) is 13.8 Å². The summed E-state index contributed by atoms with van der Waals surface area (Å²) in [5.41, 5.74) is 2.54. The van der Waals surface area contributed by atoms with Gasteiger partial charge in [-0.1, -0.05) is 17.4 Å². The van der Waals surface area contributed by atoms with E-state index in [9.17, 15) is 14.9 Å². The first kappa shape index (κ1) is 16.1. The molecule has 0 radical (unpaired) electrons. The molecule has 0 spiro atoms. The molecule has 0 saturated heterocycles. The quantitative estimate of drug-likeness (QED) is 0.578. The number of hydrogen-bond donors (Lipinski definition) is 1. The van der Waals surface area contributed by atoms with Gasteiger partial charge in [0, 0.05) is 0 Å². The molecule has 0 fully saturated rings. The number of anilines is 1. The van der Waals surface area contributed by atoms with Crippen molar-refractivity contribution in [3.63, 3.8) is 0 Å². The Morgan fingerprint density at radius 1 is 1.38 bits per heavy atom. The third-order valence-electron chi connectivity index (χ3n) is 3.61. The standard InChI is InChI=1S/C15H15N5O3S/c1-8-4-5-11-12(6-8)24-15(16-11)17-13(21)7-19-10(3)14(20(22)23)9(2)18-19/h4-6H,7H2,1-3H3,(H,16,17,21). The lowest BCUT2D eigenvalue weighted by Crippen LogP contribution is -2.20. The van der Waals surface area contributed by atoms with Crippen LogP contribution in [-0.2, 0) is 11.3 Å². The number of fused-ring (bicyclic) bond motifs is 1. The van der Waals surface area contributed by atoms with E-state index in [2.05, 4.69) is 15.4 Å². The minimum absolute atomic E-state index is 0.0572. The summed E-state index contributed by atoms with van der Waals surface area (Å²) in [4.78, 5) is 27.1. The number of carbonyl (C=O) groups is 1. The lowest BCUT2D eigenvalue weighted by molar-refractivity contribution is -0.386. The lowest BCUT2D eigenvalue weighted by Gasteiger charge is -2.03. The van der Waals surface area contributed by atoms with Crippen molar-refractivity contribution in [2.24, 2.45) is 0 Å². The number of nitro groups is 1. The van der Waals surface area contributed by atoms with E-state index in [1.807, 2.05) is 25.1 Å². The van der Waals surface area contributed by atoms with Gasteiger partial charge >= 0.3 is 5.69 Å². The van der Waals surface area contributed by atoms with E-state index in [0.29, 0.717) is 16.5 Å². The van der Waals surface area contributed by atoms with Crippen molar-refractivity contribution in [3.8, 4) is 0 Å². The molecule has 0 bridgehead atoms. The zero-order chi connectivity index (χ0) is 17.4. The molecule has 0 saturated carbocycles. The maximum absolute atomic E-state index is 12.2. The summed E-state index contributed by atoms with van der Waals surface area (Å²) in [6.07, 6.45) is 0. The molecule has 3 rings (SSSR count). The maximum Gasteiger partial charge on any atom is 0.312 e. The Hall–Kier alpha value is -2.81. The fourth-order valence-corrected chi connectivity index (χ4v) is 3.47. The molecule has 1 aromatic carbocycles. The molecule has 2 aromatic heterocycles. The van der Waals surface area contributed by atoms with Crippen molar-refractivity contribution in [1.29, 1.82) is 0 Å². The first-order valence-corrected chi connectivity index (χ1v) is 8.02. The van der Waals surface area contributed by atoms with E-state index >= 15 is 0 Å². The van der Waals surface area contributed by atoms with E-state index in [-0.39, 0.29) is 18.1 Å². The summed E-state index contributed by atoms with van der Waals surface area (Å²) in [5.74, 6) is -0.328.